The smallest absolute Gasteiger partial charge is 0.263 e. The van der Waals surface area contributed by atoms with Crippen LogP contribution >= 0.6 is 11.6 Å². The van der Waals surface area contributed by atoms with Gasteiger partial charge in [0.2, 0.25) is 0 Å². The number of pyridine rings is 1. The maximum atomic E-state index is 12.8. The number of halogens is 1. The van der Waals surface area contributed by atoms with Crippen molar-refractivity contribution in [3.63, 3.8) is 0 Å². The Balaban J connectivity index is 2.30. The first kappa shape index (κ1) is 21.2. The molecule has 27 heavy (non-hydrogen) atoms. The van der Waals surface area contributed by atoms with Gasteiger partial charge in [0.15, 0.2) is 0 Å². The Labute approximate surface area is 166 Å². The van der Waals surface area contributed by atoms with Crippen LogP contribution in [0.5, 0.6) is 0 Å². The number of aromatic nitrogens is 1. The highest BCUT2D eigenvalue weighted by atomic mass is 35.5. The van der Waals surface area contributed by atoms with Gasteiger partial charge in [-0.3, -0.25) is 14.5 Å². The van der Waals surface area contributed by atoms with Gasteiger partial charge in [-0.05, 0) is 50.2 Å². The summed E-state index contributed by atoms with van der Waals surface area (Å²) in [5, 5.41) is 3.62. The molecule has 6 heteroatoms. The minimum atomic E-state index is -0.350. The summed E-state index contributed by atoms with van der Waals surface area (Å²) in [5.41, 5.74) is 2.40. The van der Waals surface area contributed by atoms with Gasteiger partial charge in [-0.25, -0.2) is 0 Å². The predicted molar refractivity (Wildman–Crippen MR) is 111 cm³/mol. The van der Waals surface area contributed by atoms with Crippen molar-refractivity contribution in [2.24, 2.45) is 7.05 Å². The zero-order valence-electron chi connectivity index (χ0n) is 16.7. The number of nitrogens with zero attached hydrogens (tertiary/aromatic N) is 2. The molecule has 146 valence electrons. The van der Waals surface area contributed by atoms with E-state index in [2.05, 4.69) is 24.1 Å². The van der Waals surface area contributed by atoms with Crippen LogP contribution in [0.25, 0.3) is 0 Å². The molecule has 0 bridgehead atoms. The number of carbonyl (C=O) groups excluding carboxylic acids is 1. The zero-order chi connectivity index (χ0) is 20.1. The lowest BCUT2D eigenvalue weighted by Gasteiger charge is -2.31. The van der Waals surface area contributed by atoms with Crippen LogP contribution in [0.3, 0.4) is 0 Å². The van der Waals surface area contributed by atoms with E-state index in [4.69, 9.17) is 11.6 Å². The first-order valence-electron chi connectivity index (χ1n) is 9.25. The van der Waals surface area contributed by atoms with Crippen molar-refractivity contribution < 1.29 is 4.79 Å². The van der Waals surface area contributed by atoms with Crippen LogP contribution in [0.4, 0.5) is 0 Å². The number of rotatable bonds is 7. The third-order valence-electron chi connectivity index (χ3n) is 5.07. The number of nitrogens with one attached hydrogen (secondary N) is 1. The summed E-state index contributed by atoms with van der Waals surface area (Å²) in [6.07, 6.45) is 0. The van der Waals surface area contributed by atoms with Crippen molar-refractivity contribution in [3.05, 3.63) is 68.1 Å². The third-order valence-corrected chi connectivity index (χ3v) is 5.41. The number of benzene rings is 1. The summed E-state index contributed by atoms with van der Waals surface area (Å²) in [5.74, 6) is -0.350. The van der Waals surface area contributed by atoms with Crippen LogP contribution in [0, 0.1) is 13.8 Å². The predicted octanol–water partition coefficient (Wildman–Crippen LogP) is 3.47. The van der Waals surface area contributed by atoms with Gasteiger partial charge in [0, 0.05) is 24.3 Å². The van der Waals surface area contributed by atoms with Crippen LogP contribution in [0.1, 0.15) is 47.1 Å². The third kappa shape index (κ3) is 4.60. The number of amides is 1. The largest absolute Gasteiger partial charge is 0.350 e. The lowest BCUT2D eigenvalue weighted by Crippen LogP contribution is -2.40. The quantitative estimate of drug-likeness (QED) is 0.788. The molecular formula is C21H28ClN3O2. The van der Waals surface area contributed by atoms with Gasteiger partial charge in [0.25, 0.3) is 11.5 Å². The van der Waals surface area contributed by atoms with E-state index in [9.17, 15) is 9.59 Å². The van der Waals surface area contributed by atoms with E-state index >= 15 is 0 Å². The van der Waals surface area contributed by atoms with Crippen molar-refractivity contribution >= 4 is 17.5 Å². The summed E-state index contributed by atoms with van der Waals surface area (Å²) in [6, 6.07) is 9.46. The Kier molecular flexibility index (Phi) is 7.22. The fraction of sp³-hybridized carbons (Fsp3) is 0.429. The molecule has 1 atom stereocenters. The van der Waals surface area contributed by atoms with Crippen LogP contribution in [0.15, 0.2) is 35.1 Å². The van der Waals surface area contributed by atoms with E-state index in [0.717, 1.165) is 24.3 Å². The van der Waals surface area contributed by atoms with Gasteiger partial charge in [0.1, 0.15) is 5.56 Å². The molecule has 0 aliphatic rings. The molecule has 0 unspecified atom stereocenters. The number of carbonyl (C=O) groups is 1. The molecule has 5 nitrogen and oxygen atoms in total. The summed E-state index contributed by atoms with van der Waals surface area (Å²) in [4.78, 5) is 27.6. The van der Waals surface area contributed by atoms with E-state index in [-0.39, 0.29) is 23.1 Å². The summed E-state index contributed by atoms with van der Waals surface area (Å²) < 4.78 is 1.50. The van der Waals surface area contributed by atoms with Crippen LogP contribution in [-0.4, -0.2) is 35.0 Å². The van der Waals surface area contributed by atoms with Crippen molar-refractivity contribution in [2.45, 2.75) is 33.7 Å². The van der Waals surface area contributed by atoms with Crippen LogP contribution < -0.4 is 10.9 Å². The van der Waals surface area contributed by atoms with Crippen LogP contribution in [0.2, 0.25) is 5.02 Å². The molecule has 1 heterocycles. The number of likely N-dealkylation sites (N-methyl/N-ethyl adjacent to an activating group) is 1. The Morgan fingerprint density at radius 2 is 1.85 bits per heavy atom. The topological polar surface area (TPSA) is 54.3 Å². The molecule has 1 aromatic carbocycles. The molecule has 0 saturated heterocycles. The van der Waals surface area contributed by atoms with Gasteiger partial charge < -0.3 is 9.88 Å². The summed E-state index contributed by atoms with van der Waals surface area (Å²) >= 11 is 6.41. The Hall–Kier alpha value is -2.11. The molecule has 0 fully saturated rings. The second kappa shape index (κ2) is 9.20. The Morgan fingerprint density at radius 1 is 1.22 bits per heavy atom. The number of hydrogen-bond acceptors (Lipinski definition) is 3. The second-order valence-corrected chi connectivity index (χ2v) is 7.08. The van der Waals surface area contributed by atoms with Crippen molar-refractivity contribution in [3.8, 4) is 0 Å². The molecule has 2 aromatic rings. The van der Waals surface area contributed by atoms with Crippen molar-refractivity contribution in [2.75, 3.05) is 19.6 Å². The van der Waals surface area contributed by atoms with Crippen LogP contribution in [-0.2, 0) is 7.05 Å². The Bertz CT molecular complexity index is 872. The van der Waals surface area contributed by atoms with Gasteiger partial charge in [-0.15, -0.1) is 0 Å². The summed E-state index contributed by atoms with van der Waals surface area (Å²) in [7, 11) is 1.68. The summed E-state index contributed by atoms with van der Waals surface area (Å²) in [6.45, 7) is 9.83. The van der Waals surface area contributed by atoms with Gasteiger partial charge in [0.05, 0.1) is 6.04 Å². The highest BCUT2D eigenvalue weighted by Crippen LogP contribution is 2.27. The van der Waals surface area contributed by atoms with Gasteiger partial charge in [-0.2, -0.15) is 0 Å². The highest BCUT2D eigenvalue weighted by molar-refractivity contribution is 6.31. The lowest BCUT2D eigenvalue weighted by atomic mass is 10.0. The maximum Gasteiger partial charge on any atom is 0.263 e. The fourth-order valence-electron chi connectivity index (χ4n) is 3.38. The standard InChI is InChI=1S/C21H28ClN3O2/c1-6-25(7-2)18(16-10-8-9-11-17(16)22)13-23-20(26)19-14(3)12-15(4)24(5)21(19)27/h8-12,18H,6-7,13H2,1-5H3,(H,23,26)/t18-/m0/s1. The fourth-order valence-corrected chi connectivity index (χ4v) is 3.64. The normalized spacial score (nSPS) is 12.3. The van der Waals surface area contributed by atoms with E-state index in [1.54, 1.807) is 14.0 Å². The molecule has 0 aliphatic heterocycles. The molecule has 0 saturated carbocycles. The van der Waals surface area contributed by atoms with E-state index in [0.29, 0.717) is 17.1 Å². The average molecular weight is 390 g/mol. The number of aryl methyl sites for hydroxylation is 2. The average Bonchev–Trinajstić information content (AvgIpc) is 2.64. The minimum absolute atomic E-state index is 0.0627. The monoisotopic (exact) mass is 389 g/mol. The second-order valence-electron chi connectivity index (χ2n) is 6.68. The molecule has 0 spiro atoms. The zero-order valence-corrected chi connectivity index (χ0v) is 17.4. The van der Waals surface area contributed by atoms with E-state index in [1.165, 1.54) is 4.57 Å². The van der Waals surface area contributed by atoms with E-state index < -0.39 is 0 Å². The first-order chi connectivity index (χ1) is 12.8. The molecule has 1 N–H and O–H groups in total. The lowest BCUT2D eigenvalue weighted by molar-refractivity contribution is 0.0932. The maximum absolute atomic E-state index is 12.8. The first-order valence-corrected chi connectivity index (χ1v) is 9.63. The molecule has 0 radical (unpaired) electrons. The van der Waals surface area contributed by atoms with Crippen molar-refractivity contribution in [1.29, 1.82) is 0 Å². The van der Waals surface area contributed by atoms with Crippen molar-refractivity contribution in [1.82, 2.24) is 14.8 Å². The molecule has 1 aromatic heterocycles. The minimum Gasteiger partial charge on any atom is -0.350 e. The SMILES string of the molecule is CCN(CC)[C@@H](CNC(=O)c1c(C)cc(C)n(C)c1=O)c1ccccc1Cl. The Morgan fingerprint density at radius 3 is 2.44 bits per heavy atom. The molecule has 2 rings (SSSR count). The number of hydrogen-bond donors (Lipinski definition) is 1. The van der Waals surface area contributed by atoms with Gasteiger partial charge in [-0.1, -0.05) is 43.6 Å². The highest BCUT2D eigenvalue weighted by Gasteiger charge is 2.23. The molecule has 0 aliphatic carbocycles. The molecular weight excluding hydrogens is 362 g/mol. The van der Waals surface area contributed by atoms with Gasteiger partial charge >= 0.3 is 0 Å². The molecule has 1 amide bonds. The van der Waals surface area contributed by atoms with E-state index in [1.807, 2.05) is 37.3 Å².